The maximum absolute atomic E-state index is 13.0. The van der Waals surface area contributed by atoms with Crippen LogP contribution >= 0.6 is 7.82 Å². The monoisotopic (exact) mass is 1120 g/mol. The van der Waals surface area contributed by atoms with Crippen molar-refractivity contribution in [2.45, 2.75) is 360 Å². The lowest BCUT2D eigenvalue weighted by atomic mass is 10.0. The number of carbonyl (C=O) groups is 1. The standard InChI is InChI=1S/C69H135N2O6P/c1-6-8-10-12-14-16-18-20-22-24-26-28-30-32-34-35-37-38-40-42-44-46-48-50-52-54-56-58-60-62-68(72)67(66-77-78(74,75)76-65-64-71(3,4)5)70-69(73)63-61-59-57-55-53-51-49-47-45-43-41-39-36-33-31-29-27-25-23-21-19-17-15-13-11-9-7-2/h44,46,52,54,60,62,67-68,72H,6-43,45,47-51,53,55-59,61,63-66H2,1-5H3,(H-,70,73,74,75)/b46-44+,54-52+,62-60+. The number of carbonyl (C=O) groups excluding carboxylic acids is 1. The molecule has 0 aromatic rings. The average molecular weight is 1120 g/mol. The second kappa shape index (κ2) is 60.3. The molecule has 0 saturated carbocycles. The number of unbranched alkanes of at least 4 members (excludes halogenated alkanes) is 47. The molecule has 0 heterocycles. The van der Waals surface area contributed by atoms with Crippen LogP contribution in [0.25, 0.3) is 0 Å². The van der Waals surface area contributed by atoms with E-state index in [1.807, 2.05) is 27.2 Å². The summed E-state index contributed by atoms with van der Waals surface area (Å²) in [6.07, 6.45) is 79.9. The van der Waals surface area contributed by atoms with E-state index in [4.69, 9.17) is 9.05 Å². The quantitative estimate of drug-likeness (QED) is 0.0272. The molecule has 0 spiro atoms. The Labute approximate surface area is 487 Å². The van der Waals surface area contributed by atoms with Gasteiger partial charge in [-0.2, -0.15) is 0 Å². The fourth-order valence-corrected chi connectivity index (χ4v) is 11.2. The number of allylic oxidation sites excluding steroid dienone is 5. The number of hydrogen-bond donors (Lipinski definition) is 2. The third kappa shape index (κ3) is 62.3. The van der Waals surface area contributed by atoms with Crippen LogP contribution in [0.15, 0.2) is 36.5 Å². The van der Waals surface area contributed by atoms with Gasteiger partial charge in [0.05, 0.1) is 39.9 Å². The minimum absolute atomic E-state index is 0.00710. The van der Waals surface area contributed by atoms with Crippen LogP contribution in [0.1, 0.15) is 348 Å². The summed E-state index contributed by atoms with van der Waals surface area (Å²) in [5, 5.41) is 13.9. The first-order valence-electron chi connectivity index (χ1n) is 34.4. The number of likely N-dealkylation sites (N-methyl/N-ethyl adjacent to an activating group) is 1. The molecule has 0 fully saturated rings. The van der Waals surface area contributed by atoms with Gasteiger partial charge >= 0.3 is 0 Å². The van der Waals surface area contributed by atoms with Gasteiger partial charge in [0.1, 0.15) is 13.2 Å². The summed E-state index contributed by atoms with van der Waals surface area (Å²) in [5.74, 6) is -0.204. The molecule has 0 aliphatic carbocycles. The normalized spacial score (nSPS) is 13.9. The fraction of sp³-hybridized carbons (Fsp3) is 0.899. The van der Waals surface area contributed by atoms with Gasteiger partial charge in [-0.15, -0.1) is 0 Å². The molecule has 1 amide bonds. The number of hydrogen-bond acceptors (Lipinski definition) is 6. The second-order valence-electron chi connectivity index (χ2n) is 24.9. The van der Waals surface area contributed by atoms with E-state index in [0.717, 1.165) is 44.9 Å². The van der Waals surface area contributed by atoms with E-state index in [9.17, 15) is 19.4 Å². The van der Waals surface area contributed by atoms with Gasteiger partial charge in [-0.05, 0) is 44.9 Å². The van der Waals surface area contributed by atoms with Crippen LogP contribution in [0.4, 0.5) is 0 Å². The molecule has 0 aliphatic heterocycles. The smallest absolute Gasteiger partial charge is 0.268 e. The Hall–Kier alpha value is -1.28. The summed E-state index contributed by atoms with van der Waals surface area (Å²) < 4.78 is 23.4. The highest BCUT2D eigenvalue weighted by Crippen LogP contribution is 2.38. The lowest BCUT2D eigenvalue weighted by Crippen LogP contribution is -2.45. The topological polar surface area (TPSA) is 108 Å². The maximum atomic E-state index is 13.0. The first kappa shape index (κ1) is 76.7. The van der Waals surface area contributed by atoms with Crippen LogP contribution in [0.3, 0.4) is 0 Å². The minimum Gasteiger partial charge on any atom is -0.756 e. The molecule has 0 aliphatic rings. The lowest BCUT2D eigenvalue weighted by molar-refractivity contribution is -0.870. The number of nitrogens with zero attached hydrogens (tertiary/aromatic N) is 1. The molecule has 0 bridgehead atoms. The van der Waals surface area contributed by atoms with Crippen molar-refractivity contribution >= 4 is 13.7 Å². The number of rotatable bonds is 64. The number of quaternary nitrogens is 1. The second-order valence-corrected chi connectivity index (χ2v) is 26.3. The summed E-state index contributed by atoms with van der Waals surface area (Å²) in [6, 6.07) is -0.909. The van der Waals surface area contributed by atoms with Gasteiger partial charge in [0.2, 0.25) is 5.91 Å². The van der Waals surface area contributed by atoms with Crippen molar-refractivity contribution < 1.29 is 32.9 Å². The number of phosphoric ester groups is 1. The molecule has 3 unspecified atom stereocenters. The van der Waals surface area contributed by atoms with Crippen molar-refractivity contribution in [3.63, 3.8) is 0 Å². The highest BCUT2D eigenvalue weighted by molar-refractivity contribution is 7.45. The van der Waals surface area contributed by atoms with E-state index in [1.165, 1.54) is 283 Å². The van der Waals surface area contributed by atoms with Crippen LogP contribution < -0.4 is 10.2 Å². The van der Waals surface area contributed by atoms with Crippen LogP contribution in [0, 0.1) is 0 Å². The summed E-state index contributed by atoms with van der Waals surface area (Å²) in [7, 11) is 1.25. The number of nitrogens with one attached hydrogen (secondary N) is 1. The highest BCUT2D eigenvalue weighted by Gasteiger charge is 2.23. The van der Waals surface area contributed by atoms with E-state index in [0.29, 0.717) is 17.4 Å². The molecule has 462 valence electrons. The largest absolute Gasteiger partial charge is 0.756 e. The first-order chi connectivity index (χ1) is 38.0. The van der Waals surface area contributed by atoms with Crippen molar-refractivity contribution in [1.82, 2.24) is 5.32 Å². The Morgan fingerprint density at radius 2 is 0.718 bits per heavy atom. The fourth-order valence-electron chi connectivity index (χ4n) is 10.5. The van der Waals surface area contributed by atoms with Crippen LogP contribution in [0.2, 0.25) is 0 Å². The SMILES string of the molecule is CCCCCCCCCCCCCCCCCCCCC/C=C/CC/C=C/CC/C=C/C(O)C(COP(=O)([O-])OCC[N+](C)(C)C)NC(=O)CCCCCCCCCCCCCCCCCCCCCCCCCCCCC. The van der Waals surface area contributed by atoms with Crippen LogP contribution in [0.5, 0.6) is 0 Å². The van der Waals surface area contributed by atoms with Crippen LogP contribution in [-0.4, -0.2) is 68.5 Å². The summed E-state index contributed by atoms with van der Waals surface area (Å²) in [4.78, 5) is 25.6. The van der Waals surface area contributed by atoms with Crippen LogP contribution in [-0.2, 0) is 18.4 Å². The van der Waals surface area contributed by atoms with Crippen molar-refractivity contribution in [1.29, 1.82) is 0 Å². The molecule has 8 nitrogen and oxygen atoms in total. The number of phosphoric acid groups is 1. The minimum atomic E-state index is -4.61. The molecule has 3 atom stereocenters. The lowest BCUT2D eigenvalue weighted by Gasteiger charge is -2.29. The van der Waals surface area contributed by atoms with E-state index < -0.39 is 26.6 Å². The summed E-state index contributed by atoms with van der Waals surface area (Å²) in [5.41, 5.74) is 0. The Morgan fingerprint density at radius 1 is 0.436 bits per heavy atom. The third-order valence-electron chi connectivity index (χ3n) is 15.8. The van der Waals surface area contributed by atoms with Gasteiger partial charge in [0.15, 0.2) is 0 Å². The summed E-state index contributed by atoms with van der Waals surface area (Å²) in [6.45, 7) is 4.68. The molecule has 0 aromatic carbocycles. The van der Waals surface area contributed by atoms with Gasteiger partial charge in [-0.1, -0.05) is 333 Å². The average Bonchev–Trinajstić information content (AvgIpc) is 3.41. The Kier molecular flexibility index (Phi) is 59.3. The third-order valence-corrected chi connectivity index (χ3v) is 16.8. The molecule has 2 N–H and O–H groups in total. The number of aliphatic hydroxyl groups is 1. The maximum Gasteiger partial charge on any atom is 0.268 e. The number of aliphatic hydroxyl groups excluding tert-OH is 1. The van der Waals surface area contributed by atoms with Gasteiger partial charge in [0, 0.05) is 6.42 Å². The Balaban J connectivity index is 4.13. The van der Waals surface area contributed by atoms with E-state index in [1.54, 1.807) is 6.08 Å². The zero-order valence-electron chi connectivity index (χ0n) is 52.9. The van der Waals surface area contributed by atoms with Gasteiger partial charge in [-0.25, -0.2) is 0 Å². The summed E-state index contributed by atoms with van der Waals surface area (Å²) >= 11 is 0. The molecule has 0 aromatic heterocycles. The number of amides is 1. The molecule has 0 saturated heterocycles. The predicted octanol–water partition coefficient (Wildman–Crippen LogP) is 21.0. The van der Waals surface area contributed by atoms with Crippen molar-refractivity contribution in [3.05, 3.63) is 36.5 Å². The molecule has 0 radical (unpaired) electrons. The Morgan fingerprint density at radius 3 is 1.04 bits per heavy atom. The zero-order valence-corrected chi connectivity index (χ0v) is 53.8. The predicted molar refractivity (Wildman–Crippen MR) is 339 cm³/mol. The highest BCUT2D eigenvalue weighted by atomic mass is 31.2. The molecular weight excluding hydrogens is 984 g/mol. The molecule has 0 rings (SSSR count). The van der Waals surface area contributed by atoms with E-state index in [-0.39, 0.29) is 12.5 Å². The molecular formula is C69H135N2O6P. The van der Waals surface area contributed by atoms with E-state index >= 15 is 0 Å². The zero-order chi connectivity index (χ0) is 57.0. The molecule has 9 heteroatoms. The van der Waals surface area contributed by atoms with Gasteiger partial charge in [-0.3, -0.25) is 9.36 Å². The van der Waals surface area contributed by atoms with E-state index in [2.05, 4.69) is 43.5 Å². The van der Waals surface area contributed by atoms with Gasteiger partial charge in [0.25, 0.3) is 7.82 Å². The Bertz CT molecular complexity index is 1360. The molecule has 78 heavy (non-hydrogen) atoms. The first-order valence-corrected chi connectivity index (χ1v) is 35.8. The van der Waals surface area contributed by atoms with Crippen molar-refractivity contribution in [2.75, 3.05) is 40.9 Å². The van der Waals surface area contributed by atoms with Crippen molar-refractivity contribution in [2.24, 2.45) is 0 Å². The van der Waals surface area contributed by atoms with Gasteiger partial charge < -0.3 is 28.8 Å². The van der Waals surface area contributed by atoms with Crippen molar-refractivity contribution in [3.8, 4) is 0 Å².